The molecule has 0 radical (unpaired) electrons. The summed E-state index contributed by atoms with van der Waals surface area (Å²) in [6.45, 7) is 5.01. The highest BCUT2D eigenvalue weighted by Crippen LogP contribution is 2.36. The fourth-order valence-electron chi connectivity index (χ4n) is 5.15. The normalized spacial score (nSPS) is 12.5. The van der Waals surface area contributed by atoms with Gasteiger partial charge in [-0.25, -0.2) is 8.42 Å². The number of carbonyl (C=O) groups excluding carboxylic acids is 2. The number of rotatable bonds is 15. The summed E-state index contributed by atoms with van der Waals surface area (Å²) in [5.74, 6) is -0.395. The Kier molecular flexibility index (Phi) is 12.5. The molecule has 0 saturated carbocycles. The molecule has 0 spiro atoms. The highest BCUT2D eigenvalue weighted by molar-refractivity contribution is 7.92. The number of carbonyl (C=O) groups is 2. The van der Waals surface area contributed by atoms with E-state index in [1.807, 2.05) is 51.1 Å². The van der Waals surface area contributed by atoms with E-state index in [4.69, 9.17) is 21.1 Å². The van der Waals surface area contributed by atoms with Gasteiger partial charge in [0.05, 0.1) is 24.8 Å². The molecule has 11 heteroatoms. The molecule has 0 heterocycles. The summed E-state index contributed by atoms with van der Waals surface area (Å²) in [5.41, 5.74) is 2.41. The van der Waals surface area contributed by atoms with E-state index in [2.05, 4.69) is 5.32 Å². The first-order valence-electron chi connectivity index (χ1n) is 15.7. The third kappa shape index (κ3) is 8.87. The predicted molar refractivity (Wildman–Crippen MR) is 189 cm³/mol. The number of hydrogen-bond acceptors (Lipinski definition) is 6. The van der Waals surface area contributed by atoms with E-state index in [-0.39, 0.29) is 41.2 Å². The van der Waals surface area contributed by atoms with Crippen LogP contribution < -0.4 is 19.1 Å². The number of hydrogen-bond donors (Lipinski definition) is 1. The van der Waals surface area contributed by atoms with Crippen molar-refractivity contribution >= 4 is 39.1 Å². The van der Waals surface area contributed by atoms with Crippen LogP contribution in [0.5, 0.6) is 11.5 Å². The quantitative estimate of drug-likeness (QED) is 0.154. The van der Waals surface area contributed by atoms with Crippen molar-refractivity contribution in [3.63, 3.8) is 0 Å². The highest BCUT2D eigenvalue weighted by Gasteiger charge is 2.36. The van der Waals surface area contributed by atoms with E-state index >= 15 is 0 Å². The monoisotopic (exact) mass is 691 g/mol. The fourth-order valence-corrected chi connectivity index (χ4v) is 6.76. The molecular formula is C37H42ClN3O6S. The number of sulfonamides is 1. The first-order chi connectivity index (χ1) is 23.0. The summed E-state index contributed by atoms with van der Waals surface area (Å²) < 4.78 is 40.9. The molecule has 0 aromatic heterocycles. The number of ether oxygens (including phenoxy) is 2. The molecule has 2 atom stereocenters. The summed E-state index contributed by atoms with van der Waals surface area (Å²) in [6.07, 6.45) is 0.868. The minimum absolute atomic E-state index is 0.0150. The third-order valence-corrected chi connectivity index (χ3v) is 10.3. The van der Waals surface area contributed by atoms with Crippen LogP contribution in [0.4, 0.5) is 5.69 Å². The Hall–Kier alpha value is -4.54. The number of nitrogens with one attached hydrogen (secondary N) is 1. The maximum absolute atomic E-state index is 14.7. The zero-order chi connectivity index (χ0) is 34.8. The van der Waals surface area contributed by atoms with Gasteiger partial charge in [-0.1, -0.05) is 84.8 Å². The van der Waals surface area contributed by atoms with Gasteiger partial charge in [0.2, 0.25) is 11.8 Å². The van der Waals surface area contributed by atoms with Gasteiger partial charge in [0.15, 0.2) is 0 Å². The molecule has 0 saturated heterocycles. The first kappa shape index (κ1) is 36.3. The van der Waals surface area contributed by atoms with Crippen LogP contribution in [-0.4, -0.2) is 58.0 Å². The van der Waals surface area contributed by atoms with Gasteiger partial charge in [-0.05, 0) is 61.7 Å². The van der Waals surface area contributed by atoms with Crippen molar-refractivity contribution in [3.8, 4) is 11.5 Å². The Morgan fingerprint density at radius 3 is 2.19 bits per heavy atom. The number of aryl methyl sites for hydroxylation is 1. The van der Waals surface area contributed by atoms with E-state index in [0.717, 1.165) is 15.4 Å². The average Bonchev–Trinajstić information content (AvgIpc) is 3.09. The lowest BCUT2D eigenvalue weighted by atomic mass is 10.0. The van der Waals surface area contributed by atoms with Gasteiger partial charge < -0.3 is 19.7 Å². The smallest absolute Gasteiger partial charge is 0.264 e. The summed E-state index contributed by atoms with van der Waals surface area (Å²) in [5, 5.41) is 3.44. The molecule has 4 rings (SSSR count). The Morgan fingerprint density at radius 2 is 1.56 bits per heavy atom. The van der Waals surface area contributed by atoms with Crippen LogP contribution in [0.2, 0.25) is 5.02 Å². The molecular weight excluding hydrogens is 650 g/mol. The van der Waals surface area contributed by atoms with Crippen molar-refractivity contribution in [2.45, 2.75) is 57.1 Å². The van der Waals surface area contributed by atoms with Crippen molar-refractivity contribution in [1.82, 2.24) is 10.2 Å². The Balaban J connectivity index is 1.88. The number of amides is 2. The van der Waals surface area contributed by atoms with Crippen LogP contribution in [0.3, 0.4) is 0 Å². The van der Waals surface area contributed by atoms with Gasteiger partial charge in [0.1, 0.15) is 24.1 Å². The standard InChI is InChI=1S/C37H42ClN3O6S/c1-6-27(3)39-37(43)34(22-28-12-8-7-9-13-28)40(24-29-14-10-11-15-32(29)38)36(42)25-41(33-23-30(46-4)18-21-35(33)47-5)48(44,45)31-19-16-26(2)17-20-31/h7-21,23,27,34H,6,22,24-25H2,1-5H3,(H,39,43). The SMILES string of the molecule is CCC(C)NC(=O)C(Cc1ccccc1)N(Cc1ccccc1Cl)C(=O)CN(c1cc(OC)ccc1OC)S(=O)(=O)c1ccc(C)cc1. The lowest BCUT2D eigenvalue weighted by Crippen LogP contribution is -2.54. The Morgan fingerprint density at radius 1 is 0.896 bits per heavy atom. The molecule has 0 aliphatic rings. The summed E-state index contributed by atoms with van der Waals surface area (Å²) >= 11 is 6.59. The molecule has 254 valence electrons. The maximum Gasteiger partial charge on any atom is 0.264 e. The second-order valence-corrected chi connectivity index (χ2v) is 13.8. The molecule has 2 unspecified atom stereocenters. The molecule has 1 N–H and O–H groups in total. The maximum atomic E-state index is 14.7. The number of halogens is 1. The van der Waals surface area contributed by atoms with Gasteiger partial charge in [-0.15, -0.1) is 0 Å². The second kappa shape index (κ2) is 16.5. The van der Waals surface area contributed by atoms with Crippen LogP contribution in [0.15, 0.2) is 102 Å². The molecule has 0 aliphatic heterocycles. The molecule has 4 aromatic rings. The van der Waals surface area contributed by atoms with Crippen molar-refractivity contribution in [2.75, 3.05) is 25.1 Å². The average molecular weight is 692 g/mol. The highest BCUT2D eigenvalue weighted by atomic mass is 35.5. The van der Waals surface area contributed by atoms with Gasteiger partial charge >= 0.3 is 0 Å². The number of nitrogens with zero attached hydrogens (tertiary/aromatic N) is 2. The second-order valence-electron chi connectivity index (χ2n) is 11.5. The van der Waals surface area contributed by atoms with Crippen molar-refractivity contribution in [3.05, 3.63) is 119 Å². The van der Waals surface area contributed by atoms with E-state index in [1.165, 1.54) is 37.3 Å². The molecule has 4 aromatic carbocycles. The lowest BCUT2D eigenvalue weighted by molar-refractivity contribution is -0.140. The topological polar surface area (TPSA) is 105 Å². The minimum atomic E-state index is -4.34. The van der Waals surface area contributed by atoms with Crippen LogP contribution in [0.1, 0.15) is 37.0 Å². The summed E-state index contributed by atoms with van der Waals surface area (Å²) in [7, 11) is -1.46. The van der Waals surface area contributed by atoms with Gasteiger partial charge in [-0.3, -0.25) is 13.9 Å². The summed E-state index contributed by atoms with van der Waals surface area (Å²) in [4.78, 5) is 30.2. The van der Waals surface area contributed by atoms with Gasteiger partial charge in [0.25, 0.3) is 10.0 Å². The van der Waals surface area contributed by atoms with E-state index in [1.54, 1.807) is 48.5 Å². The zero-order valence-electron chi connectivity index (χ0n) is 27.9. The number of benzene rings is 4. The molecule has 48 heavy (non-hydrogen) atoms. The molecule has 2 amide bonds. The predicted octanol–water partition coefficient (Wildman–Crippen LogP) is 6.42. The third-order valence-electron chi connectivity index (χ3n) is 8.11. The van der Waals surface area contributed by atoms with Crippen LogP contribution in [0, 0.1) is 6.92 Å². The van der Waals surface area contributed by atoms with E-state index < -0.39 is 28.5 Å². The molecule has 0 fully saturated rings. The Bertz CT molecular complexity index is 1800. The molecule has 9 nitrogen and oxygen atoms in total. The largest absolute Gasteiger partial charge is 0.497 e. The zero-order valence-corrected chi connectivity index (χ0v) is 29.4. The van der Waals surface area contributed by atoms with Crippen molar-refractivity contribution in [2.24, 2.45) is 0 Å². The van der Waals surface area contributed by atoms with Gasteiger partial charge in [0, 0.05) is 30.1 Å². The van der Waals surface area contributed by atoms with Crippen molar-refractivity contribution in [1.29, 1.82) is 0 Å². The molecule has 0 bridgehead atoms. The molecule has 0 aliphatic carbocycles. The van der Waals surface area contributed by atoms with Crippen molar-refractivity contribution < 1.29 is 27.5 Å². The Labute approximate surface area is 288 Å². The van der Waals surface area contributed by atoms with E-state index in [0.29, 0.717) is 22.8 Å². The van der Waals surface area contributed by atoms with Gasteiger partial charge in [-0.2, -0.15) is 0 Å². The van der Waals surface area contributed by atoms with Crippen LogP contribution >= 0.6 is 11.6 Å². The van der Waals surface area contributed by atoms with E-state index in [9.17, 15) is 18.0 Å². The van der Waals surface area contributed by atoms with Crippen LogP contribution in [0.25, 0.3) is 0 Å². The van der Waals surface area contributed by atoms with Crippen LogP contribution in [-0.2, 0) is 32.6 Å². The minimum Gasteiger partial charge on any atom is -0.497 e. The number of anilines is 1. The lowest BCUT2D eigenvalue weighted by Gasteiger charge is -2.34. The summed E-state index contributed by atoms with van der Waals surface area (Å²) in [6, 6.07) is 26.4. The number of methoxy groups -OCH3 is 2. The fraction of sp³-hybridized carbons (Fsp3) is 0.297. The first-order valence-corrected chi connectivity index (χ1v) is 17.5.